The van der Waals surface area contributed by atoms with Crippen LogP contribution in [0.15, 0.2) is 18.2 Å². The molecule has 0 aromatic heterocycles. The van der Waals surface area contributed by atoms with Crippen LogP contribution in [0.2, 0.25) is 5.02 Å². The number of rotatable bonds is 9. The van der Waals surface area contributed by atoms with Crippen LogP contribution >= 0.6 is 34.2 Å². The Kier molecular flexibility index (Phi) is 8.25. The molecule has 0 aliphatic heterocycles. The van der Waals surface area contributed by atoms with Crippen LogP contribution in [-0.2, 0) is 10.2 Å². The Hall–Kier alpha value is -0.0900. The van der Waals surface area contributed by atoms with Gasteiger partial charge in [0.2, 0.25) is 0 Å². The van der Waals surface area contributed by atoms with E-state index in [9.17, 15) is 8.42 Å². The van der Waals surface area contributed by atoms with E-state index in [4.69, 9.17) is 11.6 Å². The summed E-state index contributed by atoms with van der Waals surface area (Å²) >= 11 is 7.91. The average Bonchev–Trinajstić information content (AvgIpc) is 2.41. The number of benzene rings is 1. The summed E-state index contributed by atoms with van der Waals surface area (Å²) in [5.74, 6) is 0. The number of anilines is 1. The Bertz CT molecular complexity index is 554. The first-order valence-electron chi connectivity index (χ1n) is 6.76. The van der Waals surface area contributed by atoms with Gasteiger partial charge in [0.15, 0.2) is 0 Å². The van der Waals surface area contributed by atoms with E-state index in [0.717, 1.165) is 29.5 Å². The molecule has 0 bridgehead atoms. The van der Waals surface area contributed by atoms with Gasteiger partial charge < -0.3 is 5.32 Å². The minimum absolute atomic E-state index is 0.468. The van der Waals surface area contributed by atoms with Crippen LogP contribution in [0, 0.1) is 3.57 Å². The lowest BCUT2D eigenvalue weighted by Crippen LogP contribution is -2.34. The van der Waals surface area contributed by atoms with E-state index < -0.39 is 10.2 Å². The van der Waals surface area contributed by atoms with Crippen LogP contribution in [0.1, 0.15) is 19.8 Å². The predicted molar refractivity (Wildman–Crippen MR) is 97.1 cm³/mol. The molecule has 1 rings (SSSR count). The first kappa shape index (κ1) is 19.0. The van der Waals surface area contributed by atoms with Gasteiger partial charge in [0, 0.05) is 22.2 Å². The molecule has 0 saturated heterocycles. The van der Waals surface area contributed by atoms with Crippen molar-refractivity contribution in [2.24, 2.45) is 0 Å². The Morgan fingerprint density at radius 2 is 2.05 bits per heavy atom. The molecule has 0 spiro atoms. The second-order valence-electron chi connectivity index (χ2n) is 4.66. The zero-order valence-corrected chi connectivity index (χ0v) is 15.9. The largest absolute Gasteiger partial charge is 0.317 e. The van der Waals surface area contributed by atoms with Gasteiger partial charge in [0.1, 0.15) is 0 Å². The lowest BCUT2D eigenvalue weighted by atomic mass is 10.3. The maximum Gasteiger partial charge on any atom is 0.301 e. The Labute approximate surface area is 145 Å². The fourth-order valence-electron chi connectivity index (χ4n) is 1.64. The van der Waals surface area contributed by atoms with Crippen LogP contribution in [0.4, 0.5) is 5.69 Å². The van der Waals surface area contributed by atoms with Gasteiger partial charge >= 0.3 is 10.2 Å². The van der Waals surface area contributed by atoms with Crippen LogP contribution in [0.25, 0.3) is 0 Å². The number of hydrogen-bond donors (Lipinski definition) is 2. The third kappa shape index (κ3) is 6.68. The lowest BCUT2D eigenvalue weighted by Gasteiger charge is -2.19. The molecule has 0 amide bonds. The molecule has 1 aromatic rings. The summed E-state index contributed by atoms with van der Waals surface area (Å²) in [4.78, 5) is 0. The molecule has 8 heteroatoms. The van der Waals surface area contributed by atoms with Gasteiger partial charge in [0.25, 0.3) is 0 Å². The number of nitrogens with one attached hydrogen (secondary N) is 2. The van der Waals surface area contributed by atoms with E-state index in [2.05, 4.69) is 39.6 Å². The minimum atomic E-state index is -3.53. The standard InChI is InChI=1S/C13H21ClIN3O2S/c1-3-7-16-8-4-9-18(2)21(19,20)17-13-6-5-11(14)10-12(13)15/h5-6,10,16-17H,3-4,7-9H2,1-2H3. The van der Waals surface area contributed by atoms with Crippen molar-refractivity contribution in [3.05, 3.63) is 26.8 Å². The average molecular weight is 446 g/mol. The fraction of sp³-hybridized carbons (Fsp3) is 0.538. The summed E-state index contributed by atoms with van der Waals surface area (Å²) in [7, 11) is -1.96. The van der Waals surface area contributed by atoms with E-state index in [0.29, 0.717) is 17.3 Å². The van der Waals surface area contributed by atoms with Gasteiger partial charge in [-0.25, -0.2) is 0 Å². The van der Waals surface area contributed by atoms with Gasteiger partial charge in [-0.05, 0) is 66.7 Å². The number of halogens is 2. The van der Waals surface area contributed by atoms with Crippen molar-refractivity contribution in [2.45, 2.75) is 19.8 Å². The van der Waals surface area contributed by atoms with Crippen molar-refractivity contribution in [3.8, 4) is 0 Å². The zero-order valence-electron chi connectivity index (χ0n) is 12.2. The monoisotopic (exact) mass is 445 g/mol. The van der Waals surface area contributed by atoms with Crippen LogP contribution in [0.3, 0.4) is 0 Å². The topological polar surface area (TPSA) is 61.4 Å². The zero-order chi connectivity index (χ0) is 15.9. The van der Waals surface area contributed by atoms with Gasteiger partial charge in [-0.3, -0.25) is 4.72 Å². The second-order valence-corrected chi connectivity index (χ2v) is 8.03. The van der Waals surface area contributed by atoms with Crippen molar-refractivity contribution in [2.75, 3.05) is 31.4 Å². The molecule has 0 saturated carbocycles. The summed E-state index contributed by atoms with van der Waals surface area (Å²) in [5.41, 5.74) is 0.538. The predicted octanol–water partition coefficient (Wildman–Crippen LogP) is 2.92. The van der Waals surface area contributed by atoms with Crippen molar-refractivity contribution in [1.82, 2.24) is 9.62 Å². The highest BCUT2D eigenvalue weighted by Crippen LogP contribution is 2.23. The van der Waals surface area contributed by atoms with Crippen LogP contribution in [-0.4, -0.2) is 39.4 Å². The lowest BCUT2D eigenvalue weighted by molar-refractivity contribution is 0.458. The quantitative estimate of drug-likeness (QED) is 0.454. The molecule has 0 fully saturated rings. The number of hydrogen-bond acceptors (Lipinski definition) is 3. The molecular weight excluding hydrogens is 425 g/mol. The Morgan fingerprint density at radius 1 is 1.33 bits per heavy atom. The molecular formula is C13H21ClIN3O2S. The molecule has 21 heavy (non-hydrogen) atoms. The van der Waals surface area contributed by atoms with Gasteiger partial charge in [-0.15, -0.1) is 0 Å². The number of nitrogens with zero attached hydrogens (tertiary/aromatic N) is 1. The summed E-state index contributed by atoms with van der Waals surface area (Å²) in [6.07, 6.45) is 1.85. The van der Waals surface area contributed by atoms with Gasteiger partial charge in [0.05, 0.1) is 5.69 Å². The first-order chi connectivity index (χ1) is 9.86. The molecule has 0 aliphatic carbocycles. The highest BCUT2D eigenvalue weighted by molar-refractivity contribution is 14.1. The fourth-order valence-corrected chi connectivity index (χ4v) is 3.81. The van der Waals surface area contributed by atoms with Gasteiger partial charge in [-0.1, -0.05) is 18.5 Å². The van der Waals surface area contributed by atoms with E-state index >= 15 is 0 Å². The molecule has 0 heterocycles. The third-order valence-electron chi connectivity index (χ3n) is 2.83. The second kappa shape index (κ2) is 9.14. The van der Waals surface area contributed by atoms with E-state index in [-0.39, 0.29) is 0 Å². The maximum atomic E-state index is 12.2. The van der Waals surface area contributed by atoms with E-state index in [1.807, 2.05) is 0 Å². The summed E-state index contributed by atoms with van der Waals surface area (Å²) in [6, 6.07) is 5.04. The van der Waals surface area contributed by atoms with Crippen LogP contribution < -0.4 is 10.0 Å². The van der Waals surface area contributed by atoms with Crippen molar-refractivity contribution in [1.29, 1.82) is 0 Å². The van der Waals surface area contributed by atoms with E-state index in [1.165, 1.54) is 4.31 Å². The molecule has 5 nitrogen and oxygen atoms in total. The summed E-state index contributed by atoms with van der Waals surface area (Å²) in [5, 5.41) is 3.83. The Morgan fingerprint density at radius 3 is 2.67 bits per heavy atom. The molecule has 1 aromatic carbocycles. The Balaban J connectivity index is 2.55. The highest BCUT2D eigenvalue weighted by Gasteiger charge is 2.18. The van der Waals surface area contributed by atoms with Crippen molar-refractivity contribution < 1.29 is 8.42 Å². The summed E-state index contributed by atoms with van der Waals surface area (Å²) in [6.45, 7) is 4.33. The van der Waals surface area contributed by atoms with Gasteiger partial charge in [-0.2, -0.15) is 12.7 Å². The summed E-state index contributed by atoms with van der Waals surface area (Å²) < 4.78 is 29.1. The molecule has 2 N–H and O–H groups in total. The normalized spacial score (nSPS) is 11.9. The smallest absolute Gasteiger partial charge is 0.301 e. The molecule has 0 radical (unpaired) electrons. The highest BCUT2D eigenvalue weighted by atomic mass is 127. The van der Waals surface area contributed by atoms with Crippen LogP contribution in [0.5, 0.6) is 0 Å². The minimum Gasteiger partial charge on any atom is -0.317 e. The van der Waals surface area contributed by atoms with E-state index in [1.54, 1.807) is 25.2 Å². The maximum absolute atomic E-state index is 12.2. The SMILES string of the molecule is CCCNCCCN(C)S(=O)(=O)Nc1ccc(Cl)cc1I. The molecule has 120 valence electrons. The molecule has 0 aliphatic rings. The molecule has 0 unspecified atom stereocenters. The van der Waals surface area contributed by atoms with Crippen molar-refractivity contribution >= 4 is 50.1 Å². The van der Waals surface area contributed by atoms with Crippen molar-refractivity contribution in [3.63, 3.8) is 0 Å². The molecule has 0 atom stereocenters. The first-order valence-corrected chi connectivity index (χ1v) is 9.66. The third-order valence-corrected chi connectivity index (χ3v) is 5.44.